The molecule has 0 aliphatic carbocycles. The first-order valence-electron chi connectivity index (χ1n) is 6.74. The van der Waals surface area contributed by atoms with E-state index in [0.717, 1.165) is 6.07 Å². The third-order valence-corrected chi connectivity index (χ3v) is 3.76. The molecule has 0 saturated heterocycles. The largest absolute Gasteiger partial charge is 0.419 e. The molecule has 0 saturated carbocycles. The van der Waals surface area contributed by atoms with E-state index in [1.165, 1.54) is 18.2 Å². The van der Waals surface area contributed by atoms with Crippen molar-refractivity contribution in [3.05, 3.63) is 69.7 Å². The summed E-state index contributed by atoms with van der Waals surface area (Å²) in [4.78, 5) is 0. The smallest absolute Gasteiger partial charge is 0.324 e. The van der Waals surface area contributed by atoms with Crippen molar-refractivity contribution in [3.63, 3.8) is 0 Å². The third-order valence-electron chi connectivity index (χ3n) is 3.45. The lowest BCUT2D eigenvalue weighted by Gasteiger charge is -2.15. The quantitative estimate of drug-likeness (QED) is 0.748. The molecule has 0 radical (unpaired) electrons. The van der Waals surface area contributed by atoms with E-state index >= 15 is 0 Å². The van der Waals surface area contributed by atoms with E-state index in [1.54, 1.807) is 6.07 Å². The minimum absolute atomic E-state index is 0.00796. The van der Waals surface area contributed by atoms with Crippen LogP contribution in [0.4, 0.5) is 22.0 Å². The summed E-state index contributed by atoms with van der Waals surface area (Å²) in [6, 6.07) is 6.22. The van der Waals surface area contributed by atoms with Gasteiger partial charge in [-0.05, 0) is 48.2 Å². The maximum Gasteiger partial charge on any atom is 0.419 e. The van der Waals surface area contributed by atoms with E-state index in [0.29, 0.717) is 18.1 Å². The number of nitrogens with two attached hydrogens (primary N) is 1. The summed E-state index contributed by atoms with van der Waals surface area (Å²) in [6.45, 7) is 0. The van der Waals surface area contributed by atoms with Crippen molar-refractivity contribution in [2.45, 2.75) is 25.1 Å². The van der Waals surface area contributed by atoms with Crippen LogP contribution in [0.3, 0.4) is 0 Å². The van der Waals surface area contributed by atoms with Gasteiger partial charge in [0.2, 0.25) is 0 Å². The molecule has 0 aliphatic rings. The monoisotopic (exact) mass is 349 g/mol. The minimum atomic E-state index is -4.78. The molecule has 0 fully saturated rings. The average Bonchev–Trinajstić information content (AvgIpc) is 2.47. The van der Waals surface area contributed by atoms with Gasteiger partial charge in [-0.15, -0.1) is 0 Å². The number of alkyl halides is 3. The fourth-order valence-corrected chi connectivity index (χ4v) is 2.29. The SMILES string of the molecule is NC(CCc1ccc(Cl)c(F)c1)c1ccc(F)c(C(F)(F)F)c1. The van der Waals surface area contributed by atoms with Crippen molar-refractivity contribution in [1.82, 2.24) is 0 Å². The Labute approximate surface area is 134 Å². The van der Waals surface area contributed by atoms with Crippen LogP contribution in [0.1, 0.15) is 29.2 Å². The van der Waals surface area contributed by atoms with E-state index in [1.807, 2.05) is 0 Å². The predicted octanol–water partition coefficient (Wildman–Crippen LogP) is 5.27. The van der Waals surface area contributed by atoms with E-state index < -0.39 is 29.4 Å². The van der Waals surface area contributed by atoms with Crippen molar-refractivity contribution in [2.24, 2.45) is 5.73 Å². The summed E-state index contributed by atoms with van der Waals surface area (Å²) in [5.74, 6) is -1.91. The van der Waals surface area contributed by atoms with Gasteiger partial charge in [0.15, 0.2) is 0 Å². The Morgan fingerprint density at radius 3 is 2.30 bits per heavy atom. The fraction of sp³-hybridized carbons (Fsp3) is 0.250. The molecule has 2 rings (SSSR count). The molecular formula is C16H13ClF5N. The van der Waals surface area contributed by atoms with Gasteiger partial charge >= 0.3 is 6.18 Å². The summed E-state index contributed by atoms with van der Waals surface area (Å²) in [6.07, 6.45) is -4.14. The second kappa shape index (κ2) is 6.84. The molecular weight excluding hydrogens is 337 g/mol. The Balaban J connectivity index is 2.11. The third kappa shape index (κ3) is 4.42. The van der Waals surface area contributed by atoms with Gasteiger partial charge in [-0.25, -0.2) is 8.78 Å². The number of rotatable bonds is 4. The molecule has 1 atom stereocenters. The first-order valence-corrected chi connectivity index (χ1v) is 7.12. The van der Waals surface area contributed by atoms with Crippen LogP contribution in [0.2, 0.25) is 5.02 Å². The van der Waals surface area contributed by atoms with Crippen LogP contribution >= 0.6 is 11.6 Å². The van der Waals surface area contributed by atoms with Crippen LogP contribution in [-0.2, 0) is 12.6 Å². The van der Waals surface area contributed by atoms with E-state index in [2.05, 4.69) is 0 Å². The van der Waals surface area contributed by atoms with Crippen molar-refractivity contribution in [1.29, 1.82) is 0 Å². The summed E-state index contributed by atoms with van der Waals surface area (Å²) >= 11 is 5.57. The zero-order valence-corrected chi connectivity index (χ0v) is 12.6. The number of hydrogen-bond acceptors (Lipinski definition) is 1. The van der Waals surface area contributed by atoms with Crippen molar-refractivity contribution >= 4 is 11.6 Å². The Bertz CT molecular complexity index is 699. The molecule has 23 heavy (non-hydrogen) atoms. The van der Waals surface area contributed by atoms with Crippen LogP contribution in [-0.4, -0.2) is 0 Å². The second-order valence-electron chi connectivity index (χ2n) is 5.13. The standard InChI is InChI=1S/C16H13ClF5N/c17-12-4-1-9(7-14(12)19)2-6-15(23)10-3-5-13(18)11(8-10)16(20,21)22/h1,3-5,7-8,15H,2,6,23H2. The summed E-state index contributed by atoms with van der Waals surface area (Å²) in [7, 11) is 0. The van der Waals surface area contributed by atoms with Gasteiger partial charge < -0.3 is 5.73 Å². The molecule has 0 spiro atoms. The molecule has 0 heterocycles. The molecule has 0 bridgehead atoms. The van der Waals surface area contributed by atoms with Crippen LogP contribution in [0.5, 0.6) is 0 Å². The maximum absolute atomic E-state index is 13.3. The minimum Gasteiger partial charge on any atom is -0.324 e. The van der Waals surface area contributed by atoms with Crippen LogP contribution in [0.15, 0.2) is 36.4 Å². The molecule has 1 nitrogen and oxygen atoms in total. The van der Waals surface area contributed by atoms with Crippen LogP contribution < -0.4 is 5.73 Å². The lowest BCUT2D eigenvalue weighted by Crippen LogP contribution is -2.15. The molecule has 0 aromatic heterocycles. The van der Waals surface area contributed by atoms with Gasteiger partial charge in [0.25, 0.3) is 0 Å². The molecule has 0 aliphatic heterocycles. The average molecular weight is 350 g/mol. The fourth-order valence-electron chi connectivity index (χ4n) is 2.17. The Kier molecular flexibility index (Phi) is 5.26. The van der Waals surface area contributed by atoms with Crippen LogP contribution in [0.25, 0.3) is 0 Å². The van der Waals surface area contributed by atoms with Gasteiger partial charge in [0.1, 0.15) is 11.6 Å². The van der Waals surface area contributed by atoms with Gasteiger partial charge in [0, 0.05) is 6.04 Å². The summed E-state index contributed by atoms with van der Waals surface area (Å²) < 4.78 is 64.6. The lowest BCUT2D eigenvalue weighted by atomic mass is 9.98. The molecule has 2 aromatic rings. The van der Waals surface area contributed by atoms with Gasteiger partial charge in [-0.1, -0.05) is 23.7 Å². The predicted molar refractivity (Wildman–Crippen MR) is 78.1 cm³/mol. The molecule has 2 aromatic carbocycles. The van der Waals surface area contributed by atoms with Crippen LogP contribution in [0, 0.1) is 11.6 Å². The van der Waals surface area contributed by atoms with E-state index in [4.69, 9.17) is 17.3 Å². The first-order chi connectivity index (χ1) is 10.7. The maximum atomic E-state index is 13.3. The number of halogens is 6. The Morgan fingerprint density at radius 1 is 1.00 bits per heavy atom. The van der Waals surface area contributed by atoms with Crippen molar-refractivity contribution in [2.75, 3.05) is 0 Å². The van der Waals surface area contributed by atoms with E-state index in [-0.39, 0.29) is 17.0 Å². The molecule has 2 N–H and O–H groups in total. The highest BCUT2D eigenvalue weighted by Gasteiger charge is 2.34. The first kappa shape index (κ1) is 17.7. The highest BCUT2D eigenvalue weighted by atomic mass is 35.5. The number of hydrogen-bond donors (Lipinski definition) is 1. The van der Waals surface area contributed by atoms with E-state index in [9.17, 15) is 22.0 Å². The van der Waals surface area contributed by atoms with Crippen molar-refractivity contribution in [3.8, 4) is 0 Å². The zero-order chi connectivity index (χ0) is 17.2. The second-order valence-corrected chi connectivity index (χ2v) is 5.54. The summed E-state index contributed by atoms with van der Waals surface area (Å²) in [5, 5.41) is -0.00796. The number of aryl methyl sites for hydroxylation is 1. The van der Waals surface area contributed by atoms with Gasteiger partial charge in [-0.2, -0.15) is 13.2 Å². The molecule has 7 heteroatoms. The molecule has 1 unspecified atom stereocenters. The normalized spacial score (nSPS) is 13.2. The zero-order valence-electron chi connectivity index (χ0n) is 11.8. The lowest BCUT2D eigenvalue weighted by molar-refractivity contribution is -0.140. The number of benzene rings is 2. The highest BCUT2D eigenvalue weighted by Crippen LogP contribution is 2.33. The molecule has 0 amide bonds. The summed E-state index contributed by atoms with van der Waals surface area (Å²) in [5.41, 5.74) is 5.32. The van der Waals surface area contributed by atoms with Crippen molar-refractivity contribution < 1.29 is 22.0 Å². The van der Waals surface area contributed by atoms with Gasteiger partial charge in [0.05, 0.1) is 10.6 Å². The van der Waals surface area contributed by atoms with Gasteiger partial charge in [-0.3, -0.25) is 0 Å². The Morgan fingerprint density at radius 2 is 1.70 bits per heavy atom. The Hall–Kier alpha value is -1.66. The molecule has 124 valence electrons. The topological polar surface area (TPSA) is 26.0 Å². The highest BCUT2D eigenvalue weighted by molar-refractivity contribution is 6.30.